The smallest absolute Gasteiger partial charge is 0.270 e. The van der Waals surface area contributed by atoms with E-state index in [2.05, 4.69) is 32.1 Å². The van der Waals surface area contributed by atoms with Crippen LogP contribution in [-0.2, 0) is 4.79 Å². The maximum atomic E-state index is 12.0. The lowest BCUT2D eigenvalue weighted by atomic mass is 10.2. The molecule has 0 bridgehead atoms. The molecule has 0 aliphatic carbocycles. The number of hydrogen-bond acceptors (Lipinski definition) is 6. The summed E-state index contributed by atoms with van der Waals surface area (Å²) in [5.74, 6) is -0.654. The van der Waals surface area contributed by atoms with Crippen molar-refractivity contribution in [2.24, 2.45) is 0 Å². The molecule has 0 aliphatic rings. The van der Waals surface area contributed by atoms with Crippen molar-refractivity contribution >= 4 is 50.8 Å². The molecule has 0 aliphatic heterocycles. The number of benzene rings is 2. The molecule has 0 unspecified atom stereocenters. The van der Waals surface area contributed by atoms with E-state index >= 15 is 0 Å². The predicted octanol–water partition coefficient (Wildman–Crippen LogP) is 2.38. The van der Waals surface area contributed by atoms with Gasteiger partial charge < -0.3 is 4.74 Å². The Morgan fingerprint density at radius 2 is 1.96 bits per heavy atom. The van der Waals surface area contributed by atoms with Crippen LogP contribution in [0.25, 0.3) is 0 Å². The summed E-state index contributed by atoms with van der Waals surface area (Å²) >= 11 is 8.28. The quantitative estimate of drug-likeness (QED) is 0.351. The summed E-state index contributed by atoms with van der Waals surface area (Å²) in [5, 5.41) is 12.9. The third kappa shape index (κ3) is 6.28. The van der Waals surface area contributed by atoms with E-state index in [1.807, 2.05) is 6.92 Å². The van der Waals surface area contributed by atoms with Crippen molar-refractivity contribution in [3.05, 3.63) is 68.2 Å². The van der Waals surface area contributed by atoms with E-state index in [1.54, 1.807) is 18.2 Å². The van der Waals surface area contributed by atoms with Gasteiger partial charge in [0.2, 0.25) is 0 Å². The first-order valence-corrected chi connectivity index (χ1v) is 9.00. The Hall–Kier alpha value is -3.05. The minimum absolute atomic E-state index is 0.0600. The van der Waals surface area contributed by atoms with Crippen LogP contribution in [0.5, 0.6) is 5.75 Å². The number of thiocarbonyl (C=S) groups is 1. The summed E-state index contributed by atoms with van der Waals surface area (Å²) in [7, 11) is 0. The maximum Gasteiger partial charge on any atom is 0.270 e. The van der Waals surface area contributed by atoms with Crippen LogP contribution in [0.2, 0.25) is 0 Å². The van der Waals surface area contributed by atoms with Gasteiger partial charge in [-0.25, -0.2) is 0 Å². The van der Waals surface area contributed by atoms with Crippen LogP contribution < -0.4 is 20.9 Å². The number of nitro groups is 1. The van der Waals surface area contributed by atoms with Crippen LogP contribution >= 0.6 is 28.1 Å². The molecule has 0 fully saturated rings. The second kappa shape index (κ2) is 9.76. The number of non-ortho nitro benzene ring substituents is 1. The van der Waals surface area contributed by atoms with Crippen molar-refractivity contribution in [2.45, 2.75) is 6.92 Å². The molecular weight excluding hydrogens is 452 g/mol. The van der Waals surface area contributed by atoms with Gasteiger partial charge in [0.25, 0.3) is 17.5 Å². The Balaban J connectivity index is 1.79. The van der Waals surface area contributed by atoms with Crippen LogP contribution in [-0.4, -0.2) is 28.5 Å². The van der Waals surface area contributed by atoms with Gasteiger partial charge in [-0.15, -0.1) is 0 Å². The third-order valence-electron chi connectivity index (χ3n) is 3.36. The van der Waals surface area contributed by atoms with Crippen LogP contribution in [0.15, 0.2) is 46.9 Å². The molecule has 0 aromatic heterocycles. The fraction of sp³-hybridized carbons (Fsp3) is 0.118. The lowest BCUT2D eigenvalue weighted by Gasteiger charge is -2.11. The van der Waals surface area contributed by atoms with Gasteiger partial charge >= 0.3 is 0 Å². The average molecular weight is 467 g/mol. The first-order chi connectivity index (χ1) is 13.3. The number of amides is 2. The number of halogens is 1. The molecule has 0 saturated carbocycles. The predicted molar refractivity (Wildman–Crippen MR) is 109 cm³/mol. The van der Waals surface area contributed by atoms with Crippen molar-refractivity contribution in [2.75, 3.05) is 6.61 Å². The zero-order chi connectivity index (χ0) is 20.7. The number of carbonyl (C=O) groups excluding carboxylic acids is 2. The van der Waals surface area contributed by atoms with Crippen LogP contribution in [0.4, 0.5) is 5.69 Å². The highest BCUT2D eigenvalue weighted by Crippen LogP contribution is 2.21. The van der Waals surface area contributed by atoms with Crippen LogP contribution in [0.3, 0.4) is 0 Å². The van der Waals surface area contributed by atoms with Crippen molar-refractivity contribution in [1.29, 1.82) is 0 Å². The standard InChI is InChI=1S/C17H15BrN4O5S/c1-10-7-13(5-6-14(10)18)27-9-15(23)19-17(28)21-20-16(24)11-3-2-4-12(8-11)22(25)26/h2-8H,9H2,1H3,(H,20,24)(H2,19,21,23,28). The fourth-order valence-electron chi connectivity index (χ4n) is 2.00. The van der Waals surface area contributed by atoms with E-state index in [9.17, 15) is 19.7 Å². The number of ether oxygens (including phenoxy) is 1. The summed E-state index contributed by atoms with van der Waals surface area (Å²) < 4.78 is 6.29. The molecule has 2 aromatic rings. The molecule has 146 valence electrons. The molecular formula is C17H15BrN4O5S. The molecule has 0 atom stereocenters. The maximum absolute atomic E-state index is 12.0. The number of hydrazine groups is 1. The van der Waals surface area contributed by atoms with Gasteiger partial charge in [-0.05, 0) is 49.0 Å². The Labute approximate surface area is 173 Å². The molecule has 0 spiro atoms. The third-order valence-corrected chi connectivity index (χ3v) is 4.45. The van der Waals surface area contributed by atoms with E-state index in [0.29, 0.717) is 5.75 Å². The van der Waals surface area contributed by atoms with Crippen molar-refractivity contribution in [3.8, 4) is 5.75 Å². The van der Waals surface area contributed by atoms with Crippen LogP contribution in [0.1, 0.15) is 15.9 Å². The highest BCUT2D eigenvalue weighted by Gasteiger charge is 2.12. The molecule has 11 heteroatoms. The van der Waals surface area contributed by atoms with E-state index < -0.39 is 16.7 Å². The second-order valence-corrected chi connectivity index (χ2v) is 6.73. The van der Waals surface area contributed by atoms with Crippen LogP contribution in [0, 0.1) is 17.0 Å². The van der Waals surface area contributed by atoms with Gasteiger partial charge in [0.15, 0.2) is 11.7 Å². The molecule has 2 aromatic carbocycles. The summed E-state index contributed by atoms with van der Waals surface area (Å²) in [5.41, 5.74) is 5.39. The van der Waals surface area contributed by atoms with Gasteiger partial charge in [-0.2, -0.15) is 0 Å². The fourth-order valence-corrected chi connectivity index (χ4v) is 2.41. The molecule has 2 amide bonds. The van der Waals surface area contributed by atoms with E-state index in [1.165, 1.54) is 18.2 Å². The SMILES string of the molecule is Cc1cc(OCC(=O)NC(=S)NNC(=O)c2cccc([N+](=O)[O-])c2)ccc1Br. The minimum Gasteiger partial charge on any atom is -0.484 e. The Kier molecular flexibility index (Phi) is 7.41. The first kappa shape index (κ1) is 21.3. The van der Waals surface area contributed by atoms with E-state index in [4.69, 9.17) is 17.0 Å². The summed E-state index contributed by atoms with van der Waals surface area (Å²) in [6, 6.07) is 10.5. The number of nitrogens with zero attached hydrogens (tertiary/aromatic N) is 1. The van der Waals surface area contributed by atoms with Gasteiger partial charge in [0.05, 0.1) is 4.92 Å². The topological polar surface area (TPSA) is 123 Å². The molecule has 3 N–H and O–H groups in total. The molecule has 0 heterocycles. The van der Waals surface area contributed by atoms with Gasteiger partial charge in [-0.3, -0.25) is 35.9 Å². The number of aryl methyl sites for hydroxylation is 1. The van der Waals surface area contributed by atoms with Crippen molar-refractivity contribution in [1.82, 2.24) is 16.2 Å². The Morgan fingerprint density at radius 3 is 2.64 bits per heavy atom. The molecule has 9 nitrogen and oxygen atoms in total. The Bertz CT molecular complexity index is 938. The lowest BCUT2D eigenvalue weighted by molar-refractivity contribution is -0.384. The highest BCUT2D eigenvalue weighted by atomic mass is 79.9. The highest BCUT2D eigenvalue weighted by molar-refractivity contribution is 9.10. The molecule has 0 radical (unpaired) electrons. The zero-order valence-corrected chi connectivity index (χ0v) is 16.9. The van der Waals surface area contributed by atoms with Gasteiger partial charge in [-0.1, -0.05) is 22.0 Å². The number of nitrogens with one attached hydrogen (secondary N) is 3. The van der Waals surface area contributed by atoms with Crippen molar-refractivity contribution < 1.29 is 19.2 Å². The van der Waals surface area contributed by atoms with Gasteiger partial charge in [0, 0.05) is 22.2 Å². The number of rotatable bonds is 5. The second-order valence-electron chi connectivity index (χ2n) is 5.46. The average Bonchev–Trinajstić information content (AvgIpc) is 2.67. The Morgan fingerprint density at radius 1 is 1.21 bits per heavy atom. The molecule has 28 heavy (non-hydrogen) atoms. The molecule has 0 saturated heterocycles. The summed E-state index contributed by atoms with van der Waals surface area (Å²) in [6.07, 6.45) is 0. The molecule has 2 rings (SSSR count). The number of carbonyl (C=O) groups is 2. The lowest BCUT2D eigenvalue weighted by Crippen LogP contribution is -2.49. The monoisotopic (exact) mass is 466 g/mol. The van der Waals surface area contributed by atoms with E-state index in [-0.39, 0.29) is 23.0 Å². The largest absolute Gasteiger partial charge is 0.484 e. The van der Waals surface area contributed by atoms with E-state index in [0.717, 1.165) is 16.1 Å². The summed E-state index contributed by atoms with van der Waals surface area (Å²) in [4.78, 5) is 34.0. The number of nitro benzene ring substituents is 1. The summed E-state index contributed by atoms with van der Waals surface area (Å²) in [6.45, 7) is 1.61. The first-order valence-electron chi connectivity index (χ1n) is 7.80. The number of hydrogen-bond donors (Lipinski definition) is 3. The normalized spacial score (nSPS) is 9.93. The minimum atomic E-state index is -0.651. The van der Waals surface area contributed by atoms with Gasteiger partial charge in [0.1, 0.15) is 5.75 Å². The van der Waals surface area contributed by atoms with Crippen molar-refractivity contribution in [3.63, 3.8) is 0 Å². The zero-order valence-electron chi connectivity index (χ0n) is 14.5.